The van der Waals surface area contributed by atoms with Crippen LogP contribution < -0.4 is 11.1 Å². The summed E-state index contributed by atoms with van der Waals surface area (Å²) in [5.41, 5.74) is 7.16. The van der Waals surface area contributed by atoms with Crippen molar-refractivity contribution in [3.8, 4) is 0 Å². The summed E-state index contributed by atoms with van der Waals surface area (Å²) in [5, 5.41) is 2.58. The molecular weight excluding hydrogens is 270 g/mol. The number of nitrogens with two attached hydrogens (primary N) is 1. The number of pyridine rings is 1. The number of esters is 1. The zero-order chi connectivity index (χ0) is 15.2. The van der Waals surface area contributed by atoms with Gasteiger partial charge in [-0.1, -0.05) is 12.1 Å². The van der Waals surface area contributed by atoms with Gasteiger partial charge in [-0.3, -0.25) is 4.79 Å². The van der Waals surface area contributed by atoms with E-state index in [1.807, 2.05) is 13.0 Å². The number of amides is 1. The standard InChI is InChI=1S/C15H15N3O3/c1-10-4-3-7-17-14(10)18-13(19)9-21-15(20)11-5-2-6-12(16)8-11/h2-8H,9,16H2,1H3,(H,17,18,19). The maximum absolute atomic E-state index is 11.7. The summed E-state index contributed by atoms with van der Waals surface area (Å²) in [6.45, 7) is 1.44. The van der Waals surface area contributed by atoms with E-state index < -0.39 is 11.9 Å². The van der Waals surface area contributed by atoms with Crippen LogP contribution in [0.25, 0.3) is 0 Å². The van der Waals surface area contributed by atoms with Gasteiger partial charge in [-0.25, -0.2) is 9.78 Å². The number of ether oxygens (including phenoxy) is 1. The van der Waals surface area contributed by atoms with E-state index in [4.69, 9.17) is 10.5 Å². The van der Waals surface area contributed by atoms with Gasteiger partial charge >= 0.3 is 5.97 Å². The van der Waals surface area contributed by atoms with Crippen LogP contribution in [0.4, 0.5) is 11.5 Å². The number of benzene rings is 1. The number of nitrogens with zero attached hydrogens (tertiary/aromatic N) is 1. The molecule has 0 fully saturated rings. The molecule has 6 nitrogen and oxygen atoms in total. The number of hydrogen-bond acceptors (Lipinski definition) is 5. The van der Waals surface area contributed by atoms with Gasteiger partial charge in [0.25, 0.3) is 5.91 Å². The van der Waals surface area contributed by atoms with Gasteiger partial charge < -0.3 is 15.8 Å². The molecule has 0 aliphatic rings. The first kappa shape index (κ1) is 14.5. The second-order valence-electron chi connectivity index (χ2n) is 4.42. The third kappa shape index (κ3) is 4.04. The Kier molecular flexibility index (Phi) is 4.50. The Balaban J connectivity index is 1.90. The van der Waals surface area contributed by atoms with E-state index in [1.165, 1.54) is 6.07 Å². The van der Waals surface area contributed by atoms with E-state index in [2.05, 4.69) is 10.3 Å². The Hall–Kier alpha value is -2.89. The molecule has 1 aromatic carbocycles. The molecule has 0 atom stereocenters. The Morgan fingerprint density at radius 1 is 1.29 bits per heavy atom. The molecule has 2 aromatic rings. The fraction of sp³-hybridized carbons (Fsp3) is 0.133. The van der Waals surface area contributed by atoms with Crippen LogP contribution in [0.15, 0.2) is 42.6 Å². The molecule has 6 heteroatoms. The third-order valence-electron chi connectivity index (χ3n) is 2.72. The first-order valence-corrected chi connectivity index (χ1v) is 6.30. The summed E-state index contributed by atoms with van der Waals surface area (Å²) in [6.07, 6.45) is 1.57. The van der Waals surface area contributed by atoms with Gasteiger partial charge in [0.05, 0.1) is 5.56 Å². The molecule has 0 saturated carbocycles. The summed E-state index contributed by atoms with van der Waals surface area (Å²) in [6, 6.07) is 9.95. The van der Waals surface area contributed by atoms with Crippen molar-refractivity contribution < 1.29 is 14.3 Å². The van der Waals surface area contributed by atoms with Crippen LogP contribution in [0.1, 0.15) is 15.9 Å². The van der Waals surface area contributed by atoms with Gasteiger partial charge in [0.1, 0.15) is 5.82 Å². The number of nitrogens with one attached hydrogen (secondary N) is 1. The predicted octanol–water partition coefficient (Wildman–Crippen LogP) is 1.77. The number of anilines is 2. The molecule has 108 valence electrons. The number of rotatable bonds is 4. The van der Waals surface area contributed by atoms with Crippen molar-refractivity contribution in [3.63, 3.8) is 0 Å². The lowest BCUT2D eigenvalue weighted by atomic mass is 10.2. The Morgan fingerprint density at radius 2 is 2.10 bits per heavy atom. The van der Waals surface area contributed by atoms with E-state index in [0.29, 0.717) is 17.1 Å². The van der Waals surface area contributed by atoms with Crippen LogP contribution in [0.3, 0.4) is 0 Å². The average molecular weight is 285 g/mol. The van der Waals surface area contributed by atoms with Crippen LogP contribution in [-0.2, 0) is 9.53 Å². The molecule has 0 unspecified atom stereocenters. The molecule has 1 heterocycles. The van der Waals surface area contributed by atoms with E-state index in [0.717, 1.165) is 5.56 Å². The Bertz CT molecular complexity index is 671. The molecule has 0 bridgehead atoms. The largest absolute Gasteiger partial charge is 0.452 e. The molecule has 3 N–H and O–H groups in total. The lowest BCUT2D eigenvalue weighted by molar-refractivity contribution is -0.119. The molecule has 0 radical (unpaired) electrons. The number of aryl methyl sites for hydroxylation is 1. The van der Waals surface area contributed by atoms with Gasteiger partial charge in [-0.2, -0.15) is 0 Å². The zero-order valence-corrected chi connectivity index (χ0v) is 11.5. The molecule has 0 aliphatic carbocycles. The normalized spacial score (nSPS) is 9.95. The quantitative estimate of drug-likeness (QED) is 0.659. The number of carbonyl (C=O) groups is 2. The molecule has 0 spiro atoms. The highest BCUT2D eigenvalue weighted by Crippen LogP contribution is 2.10. The third-order valence-corrected chi connectivity index (χ3v) is 2.72. The molecule has 21 heavy (non-hydrogen) atoms. The Morgan fingerprint density at radius 3 is 2.81 bits per heavy atom. The smallest absolute Gasteiger partial charge is 0.338 e. The summed E-state index contributed by atoms with van der Waals surface area (Å²) in [5.74, 6) is -0.605. The molecule has 2 rings (SSSR count). The van der Waals surface area contributed by atoms with Gasteiger partial charge in [-0.05, 0) is 36.8 Å². The fourth-order valence-corrected chi connectivity index (χ4v) is 1.66. The maximum atomic E-state index is 11.7. The summed E-state index contributed by atoms with van der Waals surface area (Å²) >= 11 is 0. The van der Waals surface area contributed by atoms with E-state index >= 15 is 0 Å². The van der Waals surface area contributed by atoms with Crippen LogP contribution >= 0.6 is 0 Å². The molecule has 1 aromatic heterocycles. The monoisotopic (exact) mass is 285 g/mol. The summed E-state index contributed by atoms with van der Waals surface area (Å²) in [4.78, 5) is 27.5. The topological polar surface area (TPSA) is 94.3 Å². The second kappa shape index (κ2) is 6.51. The SMILES string of the molecule is Cc1cccnc1NC(=O)COC(=O)c1cccc(N)c1. The van der Waals surface area contributed by atoms with Crippen LogP contribution in [0, 0.1) is 6.92 Å². The first-order valence-electron chi connectivity index (χ1n) is 6.30. The van der Waals surface area contributed by atoms with Crippen molar-refractivity contribution in [2.75, 3.05) is 17.7 Å². The number of hydrogen-bond donors (Lipinski definition) is 2. The number of carbonyl (C=O) groups excluding carboxylic acids is 2. The van der Waals surface area contributed by atoms with Crippen molar-refractivity contribution in [1.29, 1.82) is 0 Å². The summed E-state index contributed by atoms with van der Waals surface area (Å²) < 4.78 is 4.92. The van der Waals surface area contributed by atoms with Crippen molar-refractivity contribution >= 4 is 23.4 Å². The highest BCUT2D eigenvalue weighted by Gasteiger charge is 2.11. The van der Waals surface area contributed by atoms with Crippen LogP contribution in [-0.4, -0.2) is 23.5 Å². The van der Waals surface area contributed by atoms with Gasteiger partial charge in [0.15, 0.2) is 6.61 Å². The lowest BCUT2D eigenvalue weighted by Gasteiger charge is -2.08. The average Bonchev–Trinajstić information content (AvgIpc) is 2.47. The minimum Gasteiger partial charge on any atom is -0.452 e. The molecule has 0 aliphatic heterocycles. The van der Waals surface area contributed by atoms with Crippen molar-refractivity contribution in [2.24, 2.45) is 0 Å². The van der Waals surface area contributed by atoms with Crippen LogP contribution in [0.5, 0.6) is 0 Å². The van der Waals surface area contributed by atoms with Gasteiger partial charge in [-0.15, -0.1) is 0 Å². The first-order chi connectivity index (χ1) is 10.1. The second-order valence-corrected chi connectivity index (χ2v) is 4.42. The Labute approximate surface area is 121 Å². The van der Waals surface area contributed by atoms with Crippen molar-refractivity contribution in [2.45, 2.75) is 6.92 Å². The highest BCUT2D eigenvalue weighted by atomic mass is 16.5. The highest BCUT2D eigenvalue weighted by molar-refractivity contribution is 5.95. The molecule has 0 saturated heterocycles. The molecular formula is C15H15N3O3. The van der Waals surface area contributed by atoms with Crippen LogP contribution in [0.2, 0.25) is 0 Å². The minimum atomic E-state index is -0.602. The van der Waals surface area contributed by atoms with Crippen molar-refractivity contribution in [1.82, 2.24) is 4.98 Å². The minimum absolute atomic E-state index is 0.303. The van der Waals surface area contributed by atoms with Gasteiger partial charge in [0, 0.05) is 11.9 Å². The summed E-state index contributed by atoms with van der Waals surface area (Å²) in [7, 11) is 0. The molecule has 1 amide bonds. The predicted molar refractivity (Wildman–Crippen MR) is 78.7 cm³/mol. The van der Waals surface area contributed by atoms with Gasteiger partial charge in [0.2, 0.25) is 0 Å². The fourth-order valence-electron chi connectivity index (χ4n) is 1.66. The van der Waals surface area contributed by atoms with E-state index in [-0.39, 0.29) is 6.61 Å². The number of nitrogen functional groups attached to an aromatic ring is 1. The van der Waals surface area contributed by atoms with E-state index in [9.17, 15) is 9.59 Å². The number of aromatic nitrogens is 1. The van der Waals surface area contributed by atoms with E-state index in [1.54, 1.807) is 30.5 Å². The maximum Gasteiger partial charge on any atom is 0.338 e. The van der Waals surface area contributed by atoms with Crippen molar-refractivity contribution in [3.05, 3.63) is 53.7 Å². The zero-order valence-electron chi connectivity index (χ0n) is 11.5. The lowest BCUT2D eigenvalue weighted by Crippen LogP contribution is -2.21.